The van der Waals surface area contributed by atoms with Gasteiger partial charge in [0.05, 0.1) is 0 Å². The monoisotopic (exact) mass is 445 g/mol. The van der Waals surface area contributed by atoms with Crippen molar-refractivity contribution in [1.82, 2.24) is 20.4 Å². The highest BCUT2D eigenvalue weighted by atomic mass is 35.5. The lowest BCUT2D eigenvalue weighted by atomic mass is 9.82. The highest BCUT2D eigenvalue weighted by molar-refractivity contribution is 6.31. The van der Waals surface area contributed by atoms with Gasteiger partial charge in [0.2, 0.25) is 0 Å². The fourth-order valence-corrected chi connectivity index (χ4v) is 5.86. The minimum absolute atomic E-state index is 0.557. The maximum Gasteiger partial charge on any atom is 0.191 e. The molecule has 31 heavy (non-hydrogen) atoms. The first kappa shape index (κ1) is 22.9. The molecule has 2 atom stereocenters. The van der Waals surface area contributed by atoms with Gasteiger partial charge in [0.25, 0.3) is 0 Å². The molecule has 0 aromatic heterocycles. The largest absolute Gasteiger partial charge is 0.357 e. The summed E-state index contributed by atoms with van der Waals surface area (Å²) < 4.78 is 0. The molecule has 6 heteroatoms. The third-order valence-electron chi connectivity index (χ3n) is 7.59. The Kier molecular flexibility index (Phi) is 8.13. The first-order chi connectivity index (χ1) is 15.1. The van der Waals surface area contributed by atoms with Crippen LogP contribution in [0, 0.1) is 5.92 Å². The van der Waals surface area contributed by atoms with Crippen LogP contribution in [0.1, 0.15) is 57.4 Å². The van der Waals surface area contributed by atoms with E-state index in [4.69, 9.17) is 16.6 Å². The zero-order chi connectivity index (χ0) is 21.6. The van der Waals surface area contributed by atoms with Gasteiger partial charge in [0.15, 0.2) is 5.96 Å². The van der Waals surface area contributed by atoms with E-state index in [1.807, 2.05) is 12.1 Å². The molecular formula is C25H40ClN5. The van der Waals surface area contributed by atoms with E-state index in [9.17, 15) is 0 Å². The van der Waals surface area contributed by atoms with E-state index in [-0.39, 0.29) is 0 Å². The van der Waals surface area contributed by atoms with E-state index >= 15 is 0 Å². The zero-order valence-electron chi connectivity index (χ0n) is 19.3. The molecule has 3 saturated heterocycles. The first-order valence-electron chi connectivity index (χ1n) is 12.3. The lowest BCUT2D eigenvalue weighted by Crippen LogP contribution is -2.56. The second kappa shape index (κ2) is 11.0. The maximum atomic E-state index is 6.34. The van der Waals surface area contributed by atoms with E-state index in [0.717, 1.165) is 55.8 Å². The number of guanidine groups is 1. The Morgan fingerprint density at radius 3 is 2.48 bits per heavy atom. The summed E-state index contributed by atoms with van der Waals surface area (Å²) >= 11 is 6.34. The molecule has 2 N–H and O–H groups in total. The molecule has 2 bridgehead atoms. The predicted molar refractivity (Wildman–Crippen MR) is 131 cm³/mol. The molecule has 3 fully saturated rings. The summed E-state index contributed by atoms with van der Waals surface area (Å²) in [7, 11) is 2.32. The van der Waals surface area contributed by atoms with Crippen molar-refractivity contribution in [2.45, 2.75) is 76.5 Å². The van der Waals surface area contributed by atoms with Crippen LogP contribution in [0.5, 0.6) is 0 Å². The van der Waals surface area contributed by atoms with E-state index in [0.29, 0.717) is 12.0 Å². The van der Waals surface area contributed by atoms with Crippen LogP contribution < -0.4 is 10.6 Å². The van der Waals surface area contributed by atoms with Crippen molar-refractivity contribution < 1.29 is 0 Å². The van der Waals surface area contributed by atoms with Gasteiger partial charge >= 0.3 is 0 Å². The molecule has 3 aliphatic rings. The number of halogens is 1. The number of benzene rings is 1. The summed E-state index contributed by atoms with van der Waals surface area (Å²) in [5, 5.41) is 8.16. The molecule has 0 aliphatic carbocycles. The maximum absolute atomic E-state index is 6.34. The minimum Gasteiger partial charge on any atom is -0.357 e. The van der Waals surface area contributed by atoms with Crippen molar-refractivity contribution in [1.29, 1.82) is 0 Å². The summed E-state index contributed by atoms with van der Waals surface area (Å²) in [6, 6.07) is 10.3. The summed E-state index contributed by atoms with van der Waals surface area (Å²) in [5.41, 5.74) is 1.24. The highest BCUT2D eigenvalue weighted by Crippen LogP contribution is 2.32. The molecule has 3 aliphatic heterocycles. The van der Waals surface area contributed by atoms with E-state index < -0.39 is 0 Å². The molecule has 172 valence electrons. The molecule has 1 aromatic rings. The summed E-state index contributed by atoms with van der Waals surface area (Å²) in [5.74, 6) is 1.70. The van der Waals surface area contributed by atoms with Crippen molar-refractivity contribution in [3.8, 4) is 0 Å². The third kappa shape index (κ3) is 6.15. The number of hydrogen-bond donors (Lipinski definition) is 2. The molecule has 1 aromatic carbocycles. The lowest BCUT2D eigenvalue weighted by Gasteiger charge is -2.47. The first-order valence-corrected chi connectivity index (χ1v) is 12.7. The molecule has 0 spiro atoms. The quantitative estimate of drug-likeness (QED) is 0.510. The van der Waals surface area contributed by atoms with Crippen LogP contribution in [-0.4, -0.2) is 67.1 Å². The van der Waals surface area contributed by atoms with Gasteiger partial charge in [-0.25, -0.2) is 0 Å². The van der Waals surface area contributed by atoms with Gasteiger partial charge in [-0.1, -0.05) is 36.2 Å². The van der Waals surface area contributed by atoms with E-state index in [1.165, 1.54) is 50.5 Å². The van der Waals surface area contributed by atoms with Crippen LogP contribution >= 0.6 is 11.6 Å². The predicted octanol–water partition coefficient (Wildman–Crippen LogP) is 4.12. The van der Waals surface area contributed by atoms with Crippen LogP contribution in [0.15, 0.2) is 29.3 Å². The van der Waals surface area contributed by atoms with Crippen LogP contribution in [0.4, 0.5) is 0 Å². The molecule has 0 radical (unpaired) electrons. The average molecular weight is 446 g/mol. The minimum atomic E-state index is 0.557. The van der Waals surface area contributed by atoms with Crippen LogP contribution in [0.25, 0.3) is 0 Å². The smallest absolute Gasteiger partial charge is 0.191 e. The number of nitrogens with one attached hydrogen (secondary N) is 2. The van der Waals surface area contributed by atoms with Crippen molar-refractivity contribution in [3.63, 3.8) is 0 Å². The number of piperidine rings is 3. The Labute approximate surface area is 193 Å². The van der Waals surface area contributed by atoms with Gasteiger partial charge in [0.1, 0.15) is 0 Å². The molecule has 2 unspecified atom stereocenters. The molecule has 3 heterocycles. The van der Waals surface area contributed by atoms with Gasteiger partial charge in [0, 0.05) is 42.8 Å². The fraction of sp³-hybridized carbons (Fsp3) is 0.720. The van der Waals surface area contributed by atoms with Gasteiger partial charge < -0.3 is 15.5 Å². The topological polar surface area (TPSA) is 42.9 Å². The average Bonchev–Trinajstić information content (AvgIpc) is 2.75. The van der Waals surface area contributed by atoms with Gasteiger partial charge in [-0.3, -0.25) is 9.89 Å². The fourth-order valence-electron chi connectivity index (χ4n) is 5.66. The second-order valence-corrected chi connectivity index (χ2v) is 10.2. The zero-order valence-corrected chi connectivity index (χ0v) is 20.1. The summed E-state index contributed by atoms with van der Waals surface area (Å²) in [6.45, 7) is 7.23. The van der Waals surface area contributed by atoms with Crippen molar-refractivity contribution >= 4 is 17.6 Å². The Bertz CT molecular complexity index is 716. The number of aliphatic imine (C=N–C) groups is 1. The Morgan fingerprint density at radius 1 is 1.10 bits per heavy atom. The molecule has 5 nitrogen and oxygen atoms in total. The molecule has 4 rings (SSSR count). The van der Waals surface area contributed by atoms with Crippen molar-refractivity contribution in [2.75, 3.05) is 33.2 Å². The lowest BCUT2D eigenvalue weighted by molar-refractivity contribution is 0.0526. The number of rotatable bonds is 6. The van der Waals surface area contributed by atoms with Crippen LogP contribution in [-0.2, 0) is 6.54 Å². The second-order valence-electron chi connectivity index (χ2n) is 9.75. The Hall–Kier alpha value is -1.30. The number of nitrogens with zero attached hydrogens (tertiary/aromatic N) is 3. The van der Waals surface area contributed by atoms with Gasteiger partial charge in [-0.05, 0) is 83.1 Å². The number of hydrogen-bond acceptors (Lipinski definition) is 3. The Morgan fingerprint density at radius 2 is 1.81 bits per heavy atom. The van der Waals surface area contributed by atoms with Crippen molar-refractivity contribution in [3.05, 3.63) is 34.9 Å². The molecular weight excluding hydrogens is 406 g/mol. The highest BCUT2D eigenvalue weighted by Gasteiger charge is 2.36. The number of fused-ring (bicyclic) bond motifs is 2. The third-order valence-corrected chi connectivity index (χ3v) is 7.96. The van der Waals surface area contributed by atoms with Crippen LogP contribution in [0.2, 0.25) is 5.02 Å². The normalized spacial score (nSPS) is 28.5. The summed E-state index contributed by atoms with van der Waals surface area (Å²) in [6.07, 6.45) is 9.03. The van der Waals surface area contributed by atoms with E-state index in [1.54, 1.807) is 0 Å². The standard InChI is InChI=1S/C25H40ClN5/c1-3-27-25(29-21-15-22-8-6-9-23(16-21)30(22)2)28-17-19-11-13-31(14-12-19)18-20-7-4-5-10-24(20)26/h4-5,7,10,19,21-23H,3,6,8-9,11-18H2,1-2H3,(H2,27,28,29). The summed E-state index contributed by atoms with van der Waals surface area (Å²) in [4.78, 5) is 10.2. The van der Waals surface area contributed by atoms with E-state index in [2.05, 4.69) is 46.5 Å². The van der Waals surface area contributed by atoms with Crippen molar-refractivity contribution in [2.24, 2.45) is 10.9 Å². The number of likely N-dealkylation sites (tertiary alicyclic amines) is 1. The van der Waals surface area contributed by atoms with Gasteiger partial charge in [-0.15, -0.1) is 0 Å². The molecule has 0 saturated carbocycles. The Balaban J connectivity index is 1.25. The van der Waals surface area contributed by atoms with Crippen LogP contribution in [0.3, 0.4) is 0 Å². The van der Waals surface area contributed by atoms with Gasteiger partial charge in [-0.2, -0.15) is 0 Å². The molecule has 0 amide bonds. The SMILES string of the molecule is CCNC(=NCC1CCN(Cc2ccccc2Cl)CC1)NC1CC2CCCC(C1)N2C.